The molecule has 25 heavy (non-hydrogen) atoms. The highest BCUT2D eigenvalue weighted by Gasteiger charge is 2.32. The van der Waals surface area contributed by atoms with Crippen LogP contribution < -0.4 is 10.1 Å². The zero-order valence-corrected chi connectivity index (χ0v) is 15.1. The number of nitrogens with one attached hydrogen (secondary N) is 2. The van der Waals surface area contributed by atoms with Gasteiger partial charge in [-0.1, -0.05) is 18.2 Å². The normalized spacial score (nSPS) is 16.9. The molecule has 6 heteroatoms. The maximum atomic E-state index is 12.8. The molecule has 1 saturated heterocycles. The predicted molar refractivity (Wildman–Crippen MR) is 96.6 cm³/mol. The summed E-state index contributed by atoms with van der Waals surface area (Å²) in [7, 11) is 0. The minimum Gasteiger partial charge on any atom is -0.494 e. The molecule has 2 N–H and O–H groups in total. The zero-order valence-electron chi connectivity index (χ0n) is 15.1. The molecule has 1 atom stereocenters. The highest BCUT2D eigenvalue weighted by Crippen LogP contribution is 2.34. The number of aromatic amines is 1. The molecule has 1 fully saturated rings. The first-order valence-electron chi connectivity index (χ1n) is 8.88. The van der Waals surface area contributed by atoms with Crippen LogP contribution in [-0.4, -0.2) is 34.3 Å². The number of hydrogen-bond acceptors (Lipinski definition) is 3. The lowest BCUT2D eigenvalue weighted by Gasteiger charge is -2.25. The third-order valence-corrected chi connectivity index (χ3v) is 4.73. The molecular weight excluding hydrogens is 316 g/mol. The Morgan fingerprint density at radius 2 is 2.20 bits per heavy atom. The van der Waals surface area contributed by atoms with Crippen LogP contribution in [0.3, 0.4) is 0 Å². The number of hydrogen-bond donors (Lipinski definition) is 2. The van der Waals surface area contributed by atoms with Crippen molar-refractivity contribution >= 4 is 6.03 Å². The van der Waals surface area contributed by atoms with Crippen molar-refractivity contribution in [2.75, 3.05) is 13.2 Å². The first-order valence-corrected chi connectivity index (χ1v) is 8.88. The van der Waals surface area contributed by atoms with E-state index >= 15 is 0 Å². The molecule has 1 aromatic carbocycles. The number of carbonyl (C=O) groups excluding carboxylic acids is 1. The van der Waals surface area contributed by atoms with Gasteiger partial charge < -0.3 is 15.0 Å². The fraction of sp³-hybridized carbons (Fsp3) is 0.474. The van der Waals surface area contributed by atoms with Crippen molar-refractivity contribution < 1.29 is 9.53 Å². The number of aromatic nitrogens is 2. The highest BCUT2D eigenvalue weighted by atomic mass is 16.5. The van der Waals surface area contributed by atoms with Crippen molar-refractivity contribution in [2.45, 2.75) is 46.2 Å². The van der Waals surface area contributed by atoms with Gasteiger partial charge in [0, 0.05) is 29.9 Å². The van der Waals surface area contributed by atoms with E-state index in [1.54, 1.807) is 0 Å². The summed E-state index contributed by atoms with van der Waals surface area (Å²) in [5.41, 5.74) is 4.17. The molecule has 1 unspecified atom stereocenters. The molecule has 134 valence electrons. The Balaban J connectivity index is 1.69. The minimum absolute atomic E-state index is 0.0335. The number of carbonyl (C=O) groups is 1. The average Bonchev–Trinajstić information content (AvgIpc) is 3.20. The second kappa shape index (κ2) is 7.59. The number of urea groups is 1. The summed E-state index contributed by atoms with van der Waals surface area (Å²) in [6, 6.07) is 7.88. The van der Waals surface area contributed by atoms with Gasteiger partial charge in [-0.3, -0.25) is 5.10 Å². The van der Waals surface area contributed by atoms with Crippen LogP contribution in [0.5, 0.6) is 5.75 Å². The second-order valence-electron chi connectivity index (χ2n) is 6.40. The number of amides is 2. The Morgan fingerprint density at radius 1 is 1.40 bits per heavy atom. The smallest absolute Gasteiger partial charge is 0.318 e. The Kier molecular flexibility index (Phi) is 5.26. The molecule has 0 radical (unpaired) electrons. The van der Waals surface area contributed by atoms with Crippen molar-refractivity contribution in [2.24, 2.45) is 0 Å². The number of para-hydroxylation sites is 1. The van der Waals surface area contributed by atoms with Crippen molar-refractivity contribution in [3.05, 3.63) is 46.8 Å². The number of aryl methyl sites for hydroxylation is 2. The predicted octanol–water partition coefficient (Wildman–Crippen LogP) is 3.47. The summed E-state index contributed by atoms with van der Waals surface area (Å²) in [6.07, 6.45) is 1.99. The highest BCUT2D eigenvalue weighted by molar-refractivity contribution is 5.75. The first-order chi connectivity index (χ1) is 12.1. The van der Waals surface area contributed by atoms with Gasteiger partial charge in [-0.05, 0) is 39.7 Å². The number of benzene rings is 1. The van der Waals surface area contributed by atoms with Gasteiger partial charge in [-0.15, -0.1) is 0 Å². The average molecular weight is 342 g/mol. The van der Waals surface area contributed by atoms with E-state index in [4.69, 9.17) is 4.74 Å². The second-order valence-corrected chi connectivity index (χ2v) is 6.40. The molecule has 6 nitrogen and oxygen atoms in total. The molecule has 0 aliphatic carbocycles. The van der Waals surface area contributed by atoms with Crippen LogP contribution in [0.2, 0.25) is 0 Å². The molecule has 1 aliphatic rings. The van der Waals surface area contributed by atoms with E-state index in [0.717, 1.165) is 47.7 Å². The van der Waals surface area contributed by atoms with Gasteiger partial charge in [0.25, 0.3) is 0 Å². The van der Waals surface area contributed by atoms with Crippen LogP contribution in [0.1, 0.15) is 48.3 Å². The Bertz CT molecular complexity index is 721. The zero-order chi connectivity index (χ0) is 17.8. The lowest BCUT2D eigenvalue weighted by atomic mass is 10.0. The maximum Gasteiger partial charge on any atom is 0.318 e. The Hall–Kier alpha value is -2.50. The third kappa shape index (κ3) is 3.62. The van der Waals surface area contributed by atoms with Crippen LogP contribution in [0.15, 0.2) is 24.3 Å². The number of H-pyrrole nitrogens is 1. The van der Waals surface area contributed by atoms with Crippen molar-refractivity contribution in [3.63, 3.8) is 0 Å². The van der Waals surface area contributed by atoms with Gasteiger partial charge in [-0.2, -0.15) is 5.10 Å². The molecule has 0 saturated carbocycles. The lowest BCUT2D eigenvalue weighted by molar-refractivity contribution is 0.192. The summed E-state index contributed by atoms with van der Waals surface area (Å²) in [5.74, 6) is 0.824. The van der Waals surface area contributed by atoms with E-state index < -0.39 is 0 Å². The van der Waals surface area contributed by atoms with Gasteiger partial charge >= 0.3 is 6.03 Å². The van der Waals surface area contributed by atoms with Gasteiger partial charge in [-0.25, -0.2) is 4.79 Å². The maximum absolute atomic E-state index is 12.8. The van der Waals surface area contributed by atoms with Gasteiger partial charge in [0.15, 0.2) is 0 Å². The SMILES string of the molecule is CCOc1ccccc1CNC(=O)N1CCCC1c1c(C)n[nH]c1C. The number of nitrogens with zero attached hydrogens (tertiary/aromatic N) is 2. The number of likely N-dealkylation sites (tertiary alicyclic amines) is 1. The molecule has 2 aromatic rings. The molecule has 2 amide bonds. The molecule has 0 bridgehead atoms. The van der Waals surface area contributed by atoms with E-state index in [0.29, 0.717) is 13.2 Å². The third-order valence-electron chi connectivity index (χ3n) is 4.73. The fourth-order valence-corrected chi connectivity index (χ4v) is 3.58. The standard InChI is InChI=1S/C19H26N4O2/c1-4-25-17-10-6-5-8-15(17)12-20-19(24)23-11-7-9-16(23)18-13(2)21-22-14(18)3/h5-6,8,10,16H,4,7,9,11-12H2,1-3H3,(H,20,24)(H,21,22). The monoisotopic (exact) mass is 342 g/mol. The van der Waals surface area contributed by atoms with E-state index in [2.05, 4.69) is 15.5 Å². The summed E-state index contributed by atoms with van der Waals surface area (Å²) in [4.78, 5) is 14.7. The van der Waals surface area contributed by atoms with Crippen molar-refractivity contribution in [1.29, 1.82) is 0 Å². The summed E-state index contributed by atoms with van der Waals surface area (Å²) in [5, 5.41) is 10.4. The molecule has 0 spiro atoms. The van der Waals surface area contributed by atoms with Crippen molar-refractivity contribution in [1.82, 2.24) is 20.4 Å². The first kappa shape index (κ1) is 17.3. The van der Waals surface area contributed by atoms with Crippen molar-refractivity contribution in [3.8, 4) is 5.75 Å². The molecule has 2 heterocycles. The lowest BCUT2D eigenvalue weighted by Crippen LogP contribution is -2.39. The summed E-state index contributed by atoms with van der Waals surface area (Å²) < 4.78 is 5.63. The Morgan fingerprint density at radius 3 is 2.92 bits per heavy atom. The number of rotatable bonds is 5. The van der Waals surface area contributed by atoms with Crippen LogP contribution in [0.25, 0.3) is 0 Å². The largest absolute Gasteiger partial charge is 0.494 e. The van der Waals surface area contributed by atoms with Crippen LogP contribution in [0, 0.1) is 13.8 Å². The quantitative estimate of drug-likeness (QED) is 0.874. The molecule has 3 rings (SSSR count). The van der Waals surface area contributed by atoms with Crippen LogP contribution in [-0.2, 0) is 6.54 Å². The van der Waals surface area contributed by atoms with Gasteiger partial charge in [0.05, 0.1) is 18.3 Å². The van der Waals surface area contributed by atoms with E-state index in [1.807, 2.05) is 49.9 Å². The van der Waals surface area contributed by atoms with E-state index in [9.17, 15) is 4.79 Å². The fourth-order valence-electron chi connectivity index (χ4n) is 3.58. The van der Waals surface area contributed by atoms with E-state index in [-0.39, 0.29) is 12.1 Å². The number of ether oxygens (including phenoxy) is 1. The molecule has 1 aliphatic heterocycles. The van der Waals surface area contributed by atoms with Crippen LogP contribution in [0.4, 0.5) is 4.79 Å². The minimum atomic E-state index is -0.0335. The topological polar surface area (TPSA) is 70.2 Å². The molecule has 1 aromatic heterocycles. The summed E-state index contributed by atoms with van der Waals surface area (Å²) in [6.45, 7) is 7.81. The van der Waals surface area contributed by atoms with Crippen LogP contribution >= 0.6 is 0 Å². The van der Waals surface area contributed by atoms with Gasteiger partial charge in [0.2, 0.25) is 0 Å². The van der Waals surface area contributed by atoms with E-state index in [1.165, 1.54) is 0 Å². The Labute approximate surface area is 148 Å². The van der Waals surface area contributed by atoms with Gasteiger partial charge in [0.1, 0.15) is 5.75 Å². The summed E-state index contributed by atoms with van der Waals surface area (Å²) >= 11 is 0. The molecular formula is C19H26N4O2.